The van der Waals surface area contributed by atoms with Gasteiger partial charge >= 0.3 is 0 Å². The fourth-order valence-corrected chi connectivity index (χ4v) is 9.47. The minimum atomic E-state index is 0.606. The van der Waals surface area contributed by atoms with Crippen molar-refractivity contribution in [3.63, 3.8) is 0 Å². The molecule has 0 fully saturated rings. The maximum Gasteiger partial charge on any atom is 0.164 e. The molecule has 288 valence electrons. The Balaban J connectivity index is 1.05. The quantitative estimate of drug-likeness (QED) is 0.174. The van der Waals surface area contributed by atoms with Crippen LogP contribution in [0.1, 0.15) is 0 Å². The van der Waals surface area contributed by atoms with Gasteiger partial charge in [-0.25, -0.2) is 15.0 Å². The molecule has 13 aromatic rings. The lowest BCUT2D eigenvalue weighted by Gasteiger charge is -2.12. The van der Waals surface area contributed by atoms with Gasteiger partial charge in [0.15, 0.2) is 17.5 Å². The van der Waals surface area contributed by atoms with Crippen molar-refractivity contribution >= 4 is 76.1 Å². The van der Waals surface area contributed by atoms with E-state index in [1.54, 1.807) is 0 Å². The minimum Gasteiger partial charge on any atom is -0.456 e. The zero-order valence-electron chi connectivity index (χ0n) is 33.3. The van der Waals surface area contributed by atoms with Crippen LogP contribution in [-0.2, 0) is 0 Å². The second-order valence-electron chi connectivity index (χ2n) is 16.0. The summed E-state index contributed by atoms with van der Waals surface area (Å²) in [7, 11) is 0. The first-order valence-electron chi connectivity index (χ1n) is 20.9. The summed E-state index contributed by atoms with van der Waals surface area (Å²) < 4.78 is 9.19. The van der Waals surface area contributed by atoms with Crippen molar-refractivity contribution in [3.8, 4) is 51.0 Å². The van der Waals surface area contributed by atoms with Gasteiger partial charge in [0.25, 0.3) is 0 Å². The molecule has 0 saturated heterocycles. The third-order valence-electron chi connectivity index (χ3n) is 12.4. The summed E-state index contributed by atoms with van der Waals surface area (Å²) in [5.41, 5.74) is 10.1. The average Bonchev–Trinajstić information content (AvgIpc) is 3.89. The molecule has 5 nitrogen and oxygen atoms in total. The first-order chi connectivity index (χ1) is 30.7. The Morgan fingerprint density at radius 2 is 0.855 bits per heavy atom. The molecule has 0 spiro atoms. The molecule has 0 atom stereocenters. The van der Waals surface area contributed by atoms with E-state index in [1.165, 1.54) is 32.3 Å². The fourth-order valence-electron chi connectivity index (χ4n) is 9.47. The highest BCUT2D eigenvalue weighted by Crippen LogP contribution is 2.44. The zero-order chi connectivity index (χ0) is 40.7. The van der Waals surface area contributed by atoms with E-state index >= 15 is 0 Å². The van der Waals surface area contributed by atoms with Crippen LogP contribution in [0.25, 0.3) is 127 Å². The van der Waals surface area contributed by atoms with E-state index < -0.39 is 0 Å². The fraction of sp³-hybridized carbons (Fsp3) is 0. The Hall–Kier alpha value is -8.41. The Bertz CT molecular complexity index is 3910. The second kappa shape index (κ2) is 13.6. The highest BCUT2D eigenvalue weighted by Gasteiger charge is 2.22. The Labute approximate surface area is 355 Å². The smallest absolute Gasteiger partial charge is 0.164 e. The molecule has 0 aliphatic carbocycles. The van der Waals surface area contributed by atoms with Crippen LogP contribution in [0.2, 0.25) is 0 Å². The third-order valence-corrected chi connectivity index (χ3v) is 12.4. The Kier molecular flexibility index (Phi) is 7.54. The van der Waals surface area contributed by atoms with Gasteiger partial charge in [-0.2, -0.15) is 0 Å². The first kappa shape index (κ1) is 34.5. The molecule has 0 aliphatic heterocycles. The molecule has 13 rings (SSSR count). The van der Waals surface area contributed by atoms with Crippen LogP contribution in [0.4, 0.5) is 0 Å². The van der Waals surface area contributed by atoms with E-state index in [1.807, 2.05) is 36.4 Å². The molecule has 0 aliphatic rings. The average molecular weight is 791 g/mol. The van der Waals surface area contributed by atoms with Crippen LogP contribution in [0.5, 0.6) is 0 Å². The predicted molar refractivity (Wildman–Crippen MR) is 256 cm³/mol. The summed E-state index contributed by atoms with van der Waals surface area (Å²) in [4.78, 5) is 15.3. The Morgan fingerprint density at radius 1 is 0.306 bits per heavy atom. The van der Waals surface area contributed by atoms with Crippen molar-refractivity contribution in [1.29, 1.82) is 0 Å². The molecule has 3 aromatic heterocycles. The molecule has 10 aromatic carbocycles. The van der Waals surface area contributed by atoms with E-state index in [4.69, 9.17) is 19.4 Å². The van der Waals surface area contributed by atoms with Gasteiger partial charge in [-0.05, 0) is 85.9 Å². The summed E-state index contributed by atoms with van der Waals surface area (Å²) in [5.74, 6) is 1.85. The van der Waals surface area contributed by atoms with Crippen LogP contribution >= 0.6 is 0 Å². The minimum absolute atomic E-state index is 0.606. The van der Waals surface area contributed by atoms with Crippen LogP contribution < -0.4 is 0 Å². The maximum absolute atomic E-state index is 6.75. The molecule has 5 heteroatoms. The van der Waals surface area contributed by atoms with Gasteiger partial charge in [0.1, 0.15) is 11.2 Å². The number of hydrogen-bond acceptors (Lipinski definition) is 4. The first-order valence-corrected chi connectivity index (χ1v) is 20.9. The Morgan fingerprint density at radius 3 is 1.63 bits per heavy atom. The SMILES string of the molecule is c1ccc(-c2ccc(-c3nc(-c4ccccc4)nc(-c4ccc5ccc6oc7cccc(-n8c9cc%10ccccc%10cc9c9c%10ccccc%10ccc98)c7c6c5c4)n3)cc2)cc1. The zero-order valence-corrected chi connectivity index (χ0v) is 33.3. The predicted octanol–water partition coefficient (Wildman–Crippen LogP) is 15.0. The van der Waals surface area contributed by atoms with Gasteiger partial charge in [0, 0.05) is 32.8 Å². The maximum atomic E-state index is 6.75. The van der Waals surface area contributed by atoms with Gasteiger partial charge < -0.3 is 8.98 Å². The molecule has 0 bridgehead atoms. The lowest BCUT2D eigenvalue weighted by atomic mass is 10.00. The topological polar surface area (TPSA) is 56.7 Å². The van der Waals surface area contributed by atoms with E-state index in [9.17, 15) is 0 Å². The van der Waals surface area contributed by atoms with Gasteiger partial charge in [-0.15, -0.1) is 0 Å². The van der Waals surface area contributed by atoms with Crippen molar-refractivity contribution in [3.05, 3.63) is 206 Å². The number of furan rings is 1. The van der Waals surface area contributed by atoms with Crippen molar-refractivity contribution in [2.75, 3.05) is 0 Å². The summed E-state index contributed by atoms with van der Waals surface area (Å²) in [6.45, 7) is 0. The molecular weight excluding hydrogens is 757 g/mol. The molecule has 0 unspecified atom stereocenters. The van der Waals surface area contributed by atoms with Crippen molar-refractivity contribution in [2.24, 2.45) is 0 Å². The van der Waals surface area contributed by atoms with E-state index in [2.05, 4.69) is 174 Å². The van der Waals surface area contributed by atoms with Gasteiger partial charge in [-0.3, -0.25) is 0 Å². The summed E-state index contributed by atoms with van der Waals surface area (Å²) in [6.07, 6.45) is 0. The van der Waals surface area contributed by atoms with Gasteiger partial charge in [0.05, 0.1) is 22.1 Å². The standard InChI is InChI=1S/C57H34N4O/c1-3-12-35(13-4-1)36-22-25-40(26-23-36)56-58-55(39-15-5-2-6-16-39)59-57(60-56)43-27-24-38-29-31-51-53(45(38)33-43)54-47(20-11-21-50(54)62-51)61-48-30-28-37-14-9-10-19-44(37)52(48)46-32-41-17-7-8-18-42(41)34-49(46)61/h1-34H. The van der Waals surface area contributed by atoms with Crippen molar-refractivity contribution in [2.45, 2.75) is 0 Å². The largest absolute Gasteiger partial charge is 0.456 e. The summed E-state index contributed by atoms with van der Waals surface area (Å²) >= 11 is 0. The number of nitrogens with zero attached hydrogens (tertiary/aromatic N) is 4. The number of rotatable bonds is 5. The lowest BCUT2D eigenvalue weighted by Crippen LogP contribution is -2.00. The number of fused-ring (bicyclic) bond motifs is 11. The normalized spacial score (nSPS) is 11.9. The van der Waals surface area contributed by atoms with Gasteiger partial charge in [-0.1, -0.05) is 164 Å². The van der Waals surface area contributed by atoms with Crippen molar-refractivity contribution in [1.82, 2.24) is 19.5 Å². The molecule has 0 radical (unpaired) electrons. The monoisotopic (exact) mass is 790 g/mol. The van der Waals surface area contributed by atoms with Crippen LogP contribution in [-0.4, -0.2) is 19.5 Å². The molecule has 0 N–H and O–H groups in total. The number of hydrogen-bond donors (Lipinski definition) is 0. The second-order valence-corrected chi connectivity index (χ2v) is 16.0. The number of aromatic nitrogens is 4. The lowest BCUT2D eigenvalue weighted by molar-refractivity contribution is 0.669. The highest BCUT2D eigenvalue weighted by atomic mass is 16.3. The van der Waals surface area contributed by atoms with E-state index in [0.29, 0.717) is 17.5 Å². The summed E-state index contributed by atoms with van der Waals surface area (Å²) in [6, 6.07) is 72.7. The highest BCUT2D eigenvalue weighted by molar-refractivity contribution is 6.26. The van der Waals surface area contributed by atoms with Crippen LogP contribution in [0, 0.1) is 0 Å². The van der Waals surface area contributed by atoms with Crippen LogP contribution in [0.15, 0.2) is 211 Å². The molecular formula is C57H34N4O. The van der Waals surface area contributed by atoms with E-state index in [-0.39, 0.29) is 0 Å². The third kappa shape index (κ3) is 5.38. The van der Waals surface area contributed by atoms with Crippen molar-refractivity contribution < 1.29 is 4.42 Å². The number of benzene rings is 10. The van der Waals surface area contributed by atoms with E-state index in [0.717, 1.165) is 77.2 Å². The molecule has 0 saturated carbocycles. The van der Waals surface area contributed by atoms with Crippen LogP contribution in [0.3, 0.4) is 0 Å². The molecule has 0 amide bonds. The molecule has 3 heterocycles. The van der Waals surface area contributed by atoms with Gasteiger partial charge in [0.2, 0.25) is 0 Å². The molecule has 62 heavy (non-hydrogen) atoms. The summed E-state index contributed by atoms with van der Waals surface area (Å²) in [5, 5.41) is 11.6.